The zero-order valence-electron chi connectivity index (χ0n) is 14.7. The Hall–Kier alpha value is -3.08. The minimum absolute atomic E-state index is 0.140. The lowest BCUT2D eigenvalue weighted by Crippen LogP contribution is -2.35. The van der Waals surface area contributed by atoms with Crippen LogP contribution in [0.1, 0.15) is 34.3 Å². The number of carbonyl (C=O) groups is 1. The summed E-state index contributed by atoms with van der Waals surface area (Å²) in [5, 5.41) is 14.2. The average molecular weight is 348 g/mol. The lowest BCUT2D eigenvalue weighted by molar-refractivity contribution is 0.0930. The first-order valence-corrected chi connectivity index (χ1v) is 8.58. The number of carbonyl (C=O) groups excluding carboxylic acids is 1. The molecule has 1 aromatic heterocycles. The van der Waals surface area contributed by atoms with Gasteiger partial charge in [0.1, 0.15) is 11.5 Å². The lowest BCUT2D eigenvalue weighted by Gasteiger charge is -2.21. The second-order valence-corrected chi connectivity index (χ2v) is 6.78. The van der Waals surface area contributed by atoms with Crippen LogP contribution in [-0.4, -0.2) is 23.1 Å². The standard InChI is InChI=1S/C21H20N2O3/c1-13-5-6-15(26-2)12-17(13)20(25)23-21(7-8-21)18-10-14(24)11-19-16(18)4-3-9-22-19/h3-6,9-12,24H,7-8H2,1-2H3,(H,23,25). The molecule has 5 heteroatoms. The van der Waals surface area contributed by atoms with E-state index < -0.39 is 5.54 Å². The van der Waals surface area contributed by atoms with Gasteiger partial charge < -0.3 is 15.2 Å². The predicted molar refractivity (Wildman–Crippen MR) is 99.5 cm³/mol. The third-order valence-electron chi connectivity index (χ3n) is 5.01. The first kappa shape index (κ1) is 16.4. The summed E-state index contributed by atoms with van der Waals surface area (Å²) in [6.07, 6.45) is 3.35. The molecule has 1 fully saturated rings. The highest BCUT2D eigenvalue weighted by Gasteiger charge is 2.47. The van der Waals surface area contributed by atoms with Crippen molar-refractivity contribution >= 4 is 16.8 Å². The summed E-state index contributed by atoms with van der Waals surface area (Å²) in [5.74, 6) is 0.668. The zero-order valence-corrected chi connectivity index (χ0v) is 14.7. The number of nitrogens with one attached hydrogen (secondary N) is 1. The number of aromatic hydroxyl groups is 1. The average Bonchev–Trinajstić information content (AvgIpc) is 3.41. The van der Waals surface area contributed by atoms with Gasteiger partial charge >= 0.3 is 0 Å². The third-order valence-corrected chi connectivity index (χ3v) is 5.01. The van der Waals surface area contributed by atoms with Gasteiger partial charge in [-0.1, -0.05) is 12.1 Å². The van der Waals surface area contributed by atoms with Gasteiger partial charge in [-0.05, 0) is 55.2 Å². The van der Waals surface area contributed by atoms with Crippen molar-refractivity contribution in [2.45, 2.75) is 25.3 Å². The van der Waals surface area contributed by atoms with Crippen molar-refractivity contribution in [2.75, 3.05) is 7.11 Å². The molecule has 0 saturated heterocycles. The second-order valence-electron chi connectivity index (χ2n) is 6.78. The molecule has 0 spiro atoms. The number of hydrogen-bond donors (Lipinski definition) is 2. The Bertz CT molecular complexity index is 1010. The van der Waals surface area contributed by atoms with Crippen molar-refractivity contribution in [1.29, 1.82) is 0 Å². The molecule has 5 nitrogen and oxygen atoms in total. The van der Waals surface area contributed by atoms with Crippen molar-refractivity contribution < 1.29 is 14.6 Å². The molecule has 1 amide bonds. The van der Waals surface area contributed by atoms with Crippen molar-refractivity contribution in [1.82, 2.24) is 10.3 Å². The number of ether oxygens (including phenoxy) is 1. The van der Waals surface area contributed by atoms with Crippen molar-refractivity contribution in [3.63, 3.8) is 0 Å². The third kappa shape index (κ3) is 2.75. The molecule has 2 N–H and O–H groups in total. The van der Waals surface area contributed by atoms with Gasteiger partial charge in [-0.3, -0.25) is 9.78 Å². The molecule has 4 rings (SSSR count). The van der Waals surface area contributed by atoms with E-state index in [1.165, 1.54) is 0 Å². The number of aromatic nitrogens is 1. The van der Waals surface area contributed by atoms with Crippen LogP contribution >= 0.6 is 0 Å². The van der Waals surface area contributed by atoms with Gasteiger partial charge in [0.05, 0.1) is 18.2 Å². The van der Waals surface area contributed by atoms with E-state index in [0.29, 0.717) is 11.3 Å². The fraction of sp³-hybridized carbons (Fsp3) is 0.238. The van der Waals surface area contributed by atoms with Gasteiger partial charge in [-0.25, -0.2) is 0 Å². The van der Waals surface area contributed by atoms with Crippen LogP contribution in [0.15, 0.2) is 48.7 Å². The topological polar surface area (TPSA) is 71.5 Å². The molecule has 132 valence electrons. The molecule has 0 radical (unpaired) electrons. The van der Waals surface area contributed by atoms with Gasteiger partial charge in [0.2, 0.25) is 0 Å². The molecule has 1 saturated carbocycles. The number of hydrogen-bond acceptors (Lipinski definition) is 4. The Morgan fingerprint density at radius 3 is 2.77 bits per heavy atom. The Labute approximate surface area is 151 Å². The smallest absolute Gasteiger partial charge is 0.252 e. The number of amides is 1. The fourth-order valence-electron chi connectivity index (χ4n) is 3.41. The summed E-state index contributed by atoms with van der Waals surface area (Å²) >= 11 is 0. The molecule has 1 aliphatic carbocycles. The highest BCUT2D eigenvalue weighted by molar-refractivity contribution is 5.97. The van der Waals surface area contributed by atoms with E-state index in [1.807, 2.05) is 31.2 Å². The molecular weight excluding hydrogens is 328 g/mol. The number of phenols is 1. The van der Waals surface area contributed by atoms with Crippen LogP contribution in [0.4, 0.5) is 0 Å². The summed E-state index contributed by atoms with van der Waals surface area (Å²) in [4.78, 5) is 17.3. The lowest BCUT2D eigenvalue weighted by atomic mass is 9.97. The molecule has 0 aliphatic heterocycles. The maximum atomic E-state index is 12.9. The number of pyridine rings is 1. The molecule has 0 bridgehead atoms. The molecule has 1 heterocycles. The van der Waals surface area contributed by atoms with Crippen LogP contribution in [0.2, 0.25) is 0 Å². The highest BCUT2D eigenvalue weighted by Crippen LogP contribution is 2.49. The monoisotopic (exact) mass is 348 g/mol. The maximum absolute atomic E-state index is 12.9. The Kier molecular flexibility index (Phi) is 3.80. The van der Waals surface area contributed by atoms with Gasteiger partial charge in [0.15, 0.2) is 0 Å². The molecule has 0 atom stereocenters. The first-order chi connectivity index (χ1) is 12.5. The normalized spacial score (nSPS) is 14.8. The molecule has 1 aliphatic rings. The van der Waals surface area contributed by atoms with E-state index >= 15 is 0 Å². The maximum Gasteiger partial charge on any atom is 0.252 e. The zero-order chi connectivity index (χ0) is 18.3. The summed E-state index contributed by atoms with van der Waals surface area (Å²) in [6.45, 7) is 1.90. The number of aryl methyl sites for hydroxylation is 1. The summed E-state index contributed by atoms with van der Waals surface area (Å²) in [7, 11) is 1.58. The van der Waals surface area contributed by atoms with Crippen LogP contribution in [-0.2, 0) is 5.54 Å². The largest absolute Gasteiger partial charge is 0.508 e. The molecule has 2 aromatic carbocycles. The SMILES string of the molecule is COc1ccc(C)c(C(=O)NC2(c3cc(O)cc4ncccc34)CC2)c1. The Balaban J connectivity index is 1.72. The quantitative estimate of drug-likeness (QED) is 0.754. The summed E-state index contributed by atoms with van der Waals surface area (Å²) in [6, 6.07) is 12.7. The van der Waals surface area contributed by atoms with Crippen molar-refractivity contribution in [2.24, 2.45) is 0 Å². The number of phenolic OH excluding ortho intramolecular Hbond substituents is 1. The highest BCUT2D eigenvalue weighted by atomic mass is 16.5. The van der Waals surface area contributed by atoms with Crippen molar-refractivity contribution in [3.8, 4) is 11.5 Å². The van der Waals surface area contributed by atoms with E-state index in [0.717, 1.165) is 34.9 Å². The number of methoxy groups -OCH3 is 1. The van der Waals surface area contributed by atoms with Gasteiger partial charge in [-0.2, -0.15) is 0 Å². The second kappa shape index (κ2) is 6.02. The Morgan fingerprint density at radius 2 is 2.04 bits per heavy atom. The van der Waals surface area contributed by atoms with Crippen LogP contribution in [0, 0.1) is 6.92 Å². The van der Waals surface area contributed by atoms with E-state index in [9.17, 15) is 9.90 Å². The van der Waals surface area contributed by atoms with Crippen LogP contribution < -0.4 is 10.1 Å². The minimum Gasteiger partial charge on any atom is -0.508 e. The molecule has 3 aromatic rings. The van der Waals surface area contributed by atoms with Crippen LogP contribution in [0.3, 0.4) is 0 Å². The van der Waals surface area contributed by atoms with Crippen molar-refractivity contribution in [3.05, 3.63) is 65.4 Å². The van der Waals surface area contributed by atoms with Crippen LogP contribution in [0.5, 0.6) is 11.5 Å². The number of nitrogens with zero attached hydrogens (tertiary/aromatic N) is 1. The van der Waals surface area contributed by atoms with Gasteiger partial charge in [0.25, 0.3) is 5.91 Å². The predicted octanol–water partition coefficient (Wildman–Crippen LogP) is 3.68. The van der Waals surface area contributed by atoms with Crippen LogP contribution in [0.25, 0.3) is 10.9 Å². The molecule has 0 unspecified atom stereocenters. The number of benzene rings is 2. The van der Waals surface area contributed by atoms with E-state index in [1.54, 1.807) is 31.5 Å². The number of fused-ring (bicyclic) bond motifs is 1. The minimum atomic E-state index is -0.466. The van der Waals surface area contributed by atoms with E-state index in [2.05, 4.69) is 10.3 Å². The summed E-state index contributed by atoms with van der Waals surface area (Å²) < 4.78 is 5.24. The first-order valence-electron chi connectivity index (χ1n) is 8.58. The fourth-order valence-corrected chi connectivity index (χ4v) is 3.41. The van der Waals surface area contributed by atoms with Gasteiger partial charge in [-0.15, -0.1) is 0 Å². The van der Waals surface area contributed by atoms with E-state index in [4.69, 9.17) is 4.74 Å². The molecule has 26 heavy (non-hydrogen) atoms. The van der Waals surface area contributed by atoms with Gasteiger partial charge in [0, 0.05) is 23.2 Å². The molecular formula is C21H20N2O3. The Morgan fingerprint density at radius 1 is 1.23 bits per heavy atom. The van der Waals surface area contributed by atoms with E-state index in [-0.39, 0.29) is 11.7 Å². The summed E-state index contributed by atoms with van der Waals surface area (Å²) in [5.41, 5.74) is 2.65. The number of rotatable bonds is 4.